The van der Waals surface area contributed by atoms with Gasteiger partial charge in [0.25, 0.3) is 0 Å². The van der Waals surface area contributed by atoms with Crippen LogP contribution in [0.5, 0.6) is 0 Å². The molecule has 2 heterocycles. The lowest BCUT2D eigenvalue weighted by atomic mass is 10.1. The lowest BCUT2D eigenvalue weighted by Gasteiger charge is -2.33. The van der Waals surface area contributed by atoms with Gasteiger partial charge in [0.2, 0.25) is 0 Å². The molecular weight excluding hydrogens is 214 g/mol. The van der Waals surface area contributed by atoms with Crippen molar-refractivity contribution in [1.82, 2.24) is 9.80 Å². The molecule has 4 nitrogen and oxygen atoms in total. The minimum Gasteiger partial charge on any atom is -0.377 e. The molecule has 2 N–H and O–H groups in total. The lowest BCUT2D eigenvalue weighted by molar-refractivity contribution is 0.0778. The standard InChI is InChI=1S/C13H27N3O/c1-11-13(5-10-17-11)15(2)8-9-16-6-3-12(14)4-7-16/h11-13H,3-10,14H2,1-2H3. The van der Waals surface area contributed by atoms with Crippen LogP contribution >= 0.6 is 0 Å². The van der Waals surface area contributed by atoms with E-state index in [2.05, 4.69) is 23.8 Å². The minimum absolute atomic E-state index is 0.398. The van der Waals surface area contributed by atoms with Crippen molar-refractivity contribution < 1.29 is 4.74 Å². The van der Waals surface area contributed by atoms with Crippen LogP contribution < -0.4 is 5.73 Å². The van der Waals surface area contributed by atoms with Crippen molar-refractivity contribution in [3.63, 3.8) is 0 Å². The van der Waals surface area contributed by atoms with Gasteiger partial charge in [-0.1, -0.05) is 0 Å². The van der Waals surface area contributed by atoms with Gasteiger partial charge in [-0.15, -0.1) is 0 Å². The molecule has 0 aliphatic carbocycles. The molecule has 0 spiro atoms. The Morgan fingerprint density at radius 3 is 2.59 bits per heavy atom. The molecule has 2 unspecified atom stereocenters. The van der Waals surface area contributed by atoms with Crippen molar-refractivity contribution in [2.24, 2.45) is 5.73 Å². The summed E-state index contributed by atoms with van der Waals surface area (Å²) in [5, 5.41) is 0. The van der Waals surface area contributed by atoms with Gasteiger partial charge in [-0.3, -0.25) is 4.90 Å². The fourth-order valence-corrected chi connectivity index (χ4v) is 2.94. The van der Waals surface area contributed by atoms with Gasteiger partial charge >= 0.3 is 0 Å². The quantitative estimate of drug-likeness (QED) is 0.779. The van der Waals surface area contributed by atoms with Gasteiger partial charge in [-0.25, -0.2) is 0 Å². The van der Waals surface area contributed by atoms with E-state index in [1.54, 1.807) is 0 Å². The highest BCUT2D eigenvalue weighted by atomic mass is 16.5. The SMILES string of the molecule is CC1OCCC1N(C)CCN1CCC(N)CC1. The average molecular weight is 241 g/mol. The third kappa shape index (κ3) is 3.65. The van der Waals surface area contributed by atoms with E-state index in [0.717, 1.165) is 26.0 Å². The Kier molecular flexibility index (Phi) is 4.79. The first-order valence-corrected chi connectivity index (χ1v) is 6.96. The molecule has 0 aromatic rings. The first-order chi connectivity index (χ1) is 8.16. The first-order valence-electron chi connectivity index (χ1n) is 6.96. The fraction of sp³-hybridized carbons (Fsp3) is 1.00. The second-order valence-electron chi connectivity index (χ2n) is 5.59. The molecule has 2 fully saturated rings. The van der Waals surface area contributed by atoms with Crippen LogP contribution in [0.4, 0.5) is 0 Å². The molecule has 100 valence electrons. The van der Waals surface area contributed by atoms with Crippen LogP contribution in [0, 0.1) is 0 Å². The summed E-state index contributed by atoms with van der Waals surface area (Å²) in [5.74, 6) is 0. The predicted molar refractivity (Wildman–Crippen MR) is 70.1 cm³/mol. The van der Waals surface area contributed by atoms with Gasteiger partial charge < -0.3 is 15.4 Å². The Labute approximate surface area is 105 Å². The monoisotopic (exact) mass is 241 g/mol. The molecule has 2 saturated heterocycles. The van der Waals surface area contributed by atoms with E-state index < -0.39 is 0 Å². The molecule has 2 rings (SSSR count). The summed E-state index contributed by atoms with van der Waals surface area (Å²) in [7, 11) is 2.23. The molecule has 0 radical (unpaired) electrons. The molecule has 0 saturated carbocycles. The van der Waals surface area contributed by atoms with Crippen LogP contribution in [0.25, 0.3) is 0 Å². The van der Waals surface area contributed by atoms with Crippen molar-refractivity contribution in [3.05, 3.63) is 0 Å². The third-order valence-electron chi connectivity index (χ3n) is 4.30. The average Bonchev–Trinajstić information content (AvgIpc) is 2.74. The van der Waals surface area contributed by atoms with Crippen molar-refractivity contribution in [2.45, 2.75) is 44.4 Å². The number of hydrogen-bond donors (Lipinski definition) is 1. The first kappa shape index (κ1) is 13.3. The van der Waals surface area contributed by atoms with Crippen LogP contribution in [0.2, 0.25) is 0 Å². The van der Waals surface area contributed by atoms with Gasteiger partial charge in [0.1, 0.15) is 0 Å². The second-order valence-corrected chi connectivity index (χ2v) is 5.59. The molecule has 0 aromatic heterocycles. The summed E-state index contributed by atoms with van der Waals surface area (Å²) >= 11 is 0. The minimum atomic E-state index is 0.398. The zero-order chi connectivity index (χ0) is 12.3. The predicted octanol–water partition coefficient (Wildman–Crippen LogP) is 0.519. The fourth-order valence-electron chi connectivity index (χ4n) is 2.94. The highest BCUT2D eigenvalue weighted by molar-refractivity contribution is 4.81. The van der Waals surface area contributed by atoms with E-state index >= 15 is 0 Å². The van der Waals surface area contributed by atoms with Crippen LogP contribution in [-0.2, 0) is 4.74 Å². The maximum absolute atomic E-state index is 5.92. The zero-order valence-electron chi connectivity index (χ0n) is 11.3. The summed E-state index contributed by atoms with van der Waals surface area (Å²) in [4.78, 5) is 5.01. The highest BCUT2D eigenvalue weighted by Crippen LogP contribution is 2.18. The van der Waals surface area contributed by atoms with E-state index in [-0.39, 0.29) is 0 Å². The Hall–Kier alpha value is -0.160. The normalized spacial score (nSPS) is 32.5. The number of rotatable bonds is 4. The molecule has 2 atom stereocenters. The number of likely N-dealkylation sites (tertiary alicyclic amines) is 1. The van der Waals surface area contributed by atoms with Gasteiger partial charge in [0.05, 0.1) is 6.10 Å². The molecule has 0 bridgehead atoms. The Balaban J connectivity index is 1.67. The number of ether oxygens (including phenoxy) is 1. The van der Waals surface area contributed by atoms with E-state index in [9.17, 15) is 0 Å². The molecule has 0 amide bonds. The number of likely N-dealkylation sites (N-methyl/N-ethyl adjacent to an activating group) is 1. The van der Waals surface area contributed by atoms with Crippen LogP contribution in [-0.4, -0.2) is 67.8 Å². The van der Waals surface area contributed by atoms with Crippen molar-refractivity contribution in [1.29, 1.82) is 0 Å². The van der Waals surface area contributed by atoms with E-state index in [1.807, 2.05) is 0 Å². The zero-order valence-corrected chi connectivity index (χ0v) is 11.3. The summed E-state index contributed by atoms with van der Waals surface area (Å²) in [6.07, 6.45) is 3.90. The third-order valence-corrected chi connectivity index (χ3v) is 4.30. The largest absolute Gasteiger partial charge is 0.377 e. The maximum Gasteiger partial charge on any atom is 0.0702 e. The van der Waals surface area contributed by atoms with Crippen LogP contribution in [0.1, 0.15) is 26.2 Å². The number of hydrogen-bond acceptors (Lipinski definition) is 4. The maximum atomic E-state index is 5.92. The van der Waals surface area contributed by atoms with Crippen LogP contribution in [0.15, 0.2) is 0 Å². The summed E-state index contributed by atoms with van der Waals surface area (Å²) < 4.78 is 5.62. The van der Waals surface area contributed by atoms with Gasteiger partial charge in [0.15, 0.2) is 0 Å². The van der Waals surface area contributed by atoms with Gasteiger partial charge in [-0.05, 0) is 46.3 Å². The lowest BCUT2D eigenvalue weighted by Crippen LogP contribution is -2.45. The van der Waals surface area contributed by atoms with E-state index in [0.29, 0.717) is 18.2 Å². The molecule has 0 aromatic carbocycles. The van der Waals surface area contributed by atoms with Crippen LogP contribution in [0.3, 0.4) is 0 Å². The molecule has 2 aliphatic rings. The topological polar surface area (TPSA) is 41.7 Å². The van der Waals surface area contributed by atoms with Crippen molar-refractivity contribution >= 4 is 0 Å². The molecular formula is C13H27N3O. The van der Waals surface area contributed by atoms with E-state index in [4.69, 9.17) is 10.5 Å². The Morgan fingerprint density at radius 1 is 1.29 bits per heavy atom. The van der Waals surface area contributed by atoms with Gasteiger partial charge in [0, 0.05) is 31.8 Å². The summed E-state index contributed by atoms with van der Waals surface area (Å²) in [6.45, 7) is 7.78. The molecule has 2 aliphatic heterocycles. The molecule has 17 heavy (non-hydrogen) atoms. The Bertz CT molecular complexity index is 229. The van der Waals surface area contributed by atoms with Crippen molar-refractivity contribution in [3.8, 4) is 0 Å². The van der Waals surface area contributed by atoms with Gasteiger partial charge in [-0.2, -0.15) is 0 Å². The number of nitrogens with two attached hydrogens (primary N) is 1. The van der Waals surface area contributed by atoms with Crippen molar-refractivity contribution in [2.75, 3.05) is 39.8 Å². The summed E-state index contributed by atoms with van der Waals surface area (Å²) in [5.41, 5.74) is 5.92. The van der Waals surface area contributed by atoms with E-state index in [1.165, 1.54) is 26.1 Å². The molecule has 4 heteroatoms. The smallest absolute Gasteiger partial charge is 0.0702 e. The second kappa shape index (κ2) is 6.14. The summed E-state index contributed by atoms with van der Waals surface area (Å²) in [6, 6.07) is 1.05. The highest BCUT2D eigenvalue weighted by Gasteiger charge is 2.27. The number of piperidine rings is 1. The number of nitrogens with zero attached hydrogens (tertiary/aromatic N) is 2. The Morgan fingerprint density at radius 2 is 2.00 bits per heavy atom.